The summed E-state index contributed by atoms with van der Waals surface area (Å²) in [7, 11) is 0. The molecule has 1 saturated heterocycles. The molecule has 0 aliphatic carbocycles. The highest BCUT2D eigenvalue weighted by molar-refractivity contribution is 5.95. The van der Waals surface area contributed by atoms with Crippen LogP contribution in [0.4, 0.5) is 0 Å². The second-order valence-corrected chi connectivity index (χ2v) is 5.59. The normalized spacial score (nSPS) is 16.7. The quantitative estimate of drug-likeness (QED) is 0.867. The van der Waals surface area contributed by atoms with Crippen LogP contribution in [-0.4, -0.2) is 51.3 Å². The fraction of sp³-hybridized carbons (Fsp3) is 0.375. The molecule has 23 heavy (non-hydrogen) atoms. The first kappa shape index (κ1) is 15.5. The molecule has 0 saturated carbocycles. The lowest BCUT2D eigenvalue weighted by Crippen LogP contribution is -2.54. The Morgan fingerprint density at radius 1 is 1.13 bits per heavy atom. The van der Waals surface area contributed by atoms with E-state index in [-0.39, 0.29) is 12.5 Å². The van der Waals surface area contributed by atoms with Crippen LogP contribution >= 0.6 is 0 Å². The predicted molar refractivity (Wildman–Crippen MR) is 82.6 cm³/mol. The minimum Gasteiger partial charge on any atom is -0.394 e. The third-order valence-corrected chi connectivity index (χ3v) is 4.03. The van der Waals surface area contributed by atoms with Crippen LogP contribution in [0.15, 0.2) is 37.2 Å². The van der Waals surface area contributed by atoms with Crippen LogP contribution in [0, 0.1) is 0 Å². The molecule has 0 unspecified atom stereocenters. The molecule has 0 bridgehead atoms. The van der Waals surface area contributed by atoms with Gasteiger partial charge < -0.3 is 15.2 Å². The number of nitrogens with zero attached hydrogens (tertiary/aromatic N) is 3. The van der Waals surface area contributed by atoms with E-state index in [0.717, 1.165) is 11.1 Å². The lowest BCUT2D eigenvalue weighted by molar-refractivity contribution is 0.0125. The van der Waals surface area contributed by atoms with Crippen molar-refractivity contribution in [3.8, 4) is 11.1 Å². The summed E-state index contributed by atoms with van der Waals surface area (Å²) in [5.41, 5.74) is 1.37. The summed E-state index contributed by atoms with van der Waals surface area (Å²) in [6.07, 6.45) is 9.13. The summed E-state index contributed by atoms with van der Waals surface area (Å²) < 4.78 is 5.30. The van der Waals surface area contributed by atoms with E-state index in [1.54, 1.807) is 24.7 Å². The van der Waals surface area contributed by atoms with Crippen molar-refractivity contribution in [1.29, 1.82) is 0 Å². The zero-order valence-corrected chi connectivity index (χ0v) is 12.6. The number of hydrogen-bond acceptors (Lipinski definition) is 6. The minimum absolute atomic E-state index is 0.109. The van der Waals surface area contributed by atoms with Gasteiger partial charge in [-0.25, -0.2) is 9.97 Å². The van der Waals surface area contributed by atoms with Crippen molar-refractivity contribution < 1.29 is 14.6 Å². The number of amides is 1. The van der Waals surface area contributed by atoms with Gasteiger partial charge in [-0.3, -0.25) is 9.78 Å². The van der Waals surface area contributed by atoms with Crippen LogP contribution in [-0.2, 0) is 4.74 Å². The maximum absolute atomic E-state index is 12.5. The fourth-order valence-electron chi connectivity index (χ4n) is 2.57. The molecule has 1 aliphatic rings. The summed E-state index contributed by atoms with van der Waals surface area (Å²) in [4.78, 5) is 24.6. The van der Waals surface area contributed by atoms with Gasteiger partial charge in [0.2, 0.25) is 0 Å². The molecule has 120 valence electrons. The molecule has 0 atom stereocenters. The van der Waals surface area contributed by atoms with Gasteiger partial charge in [0.05, 0.1) is 17.7 Å². The standard InChI is InChI=1S/C16H18N4O3/c21-10-16(1-3-23-4-2-16)20-15(22)13-5-12(6-17-7-13)14-8-18-11-19-9-14/h5-9,11,21H,1-4,10H2,(H,20,22). The Morgan fingerprint density at radius 3 is 2.52 bits per heavy atom. The van der Waals surface area contributed by atoms with Crippen molar-refractivity contribution in [3.63, 3.8) is 0 Å². The van der Waals surface area contributed by atoms with Crippen molar-refractivity contribution in [2.45, 2.75) is 18.4 Å². The highest BCUT2D eigenvalue weighted by Crippen LogP contribution is 2.22. The summed E-state index contributed by atoms with van der Waals surface area (Å²) >= 11 is 0. The Hall–Kier alpha value is -2.38. The number of carbonyl (C=O) groups is 1. The van der Waals surface area contributed by atoms with Crippen LogP contribution in [0.2, 0.25) is 0 Å². The molecule has 0 radical (unpaired) electrons. The van der Waals surface area contributed by atoms with Gasteiger partial charge in [0, 0.05) is 49.1 Å². The molecule has 1 amide bonds. The van der Waals surface area contributed by atoms with Crippen molar-refractivity contribution in [2.75, 3.05) is 19.8 Å². The Balaban J connectivity index is 1.80. The molecular formula is C16H18N4O3. The Morgan fingerprint density at radius 2 is 1.83 bits per heavy atom. The number of hydrogen-bond donors (Lipinski definition) is 2. The first-order chi connectivity index (χ1) is 11.2. The van der Waals surface area contributed by atoms with Gasteiger partial charge in [-0.05, 0) is 18.9 Å². The number of aliphatic hydroxyl groups excluding tert-OH is 1. The molecule has 7 heteroatoms. The molecular weight excluding hydrogens is 296 g/mol. The van der Waals surface area contributed by atoms with Crippen molar-refractivity contribution >= 4 is 5.91 Å². The molecule has 7 nitrogen and oxygen atoms in total. The van der Waals surface area contributed by atoms with E-state index in [9.17, 15) is 9.90 Å². The SMILES string of the molecule is O=C(NC1(CO)CCOCC1)c1cncc(-c2cncnc2)c1. The fourth-order valence-corrected chi connectivity index (χ4v) is 2.57. The molecule has 0 spiro atoms. The number of rotatable bonds is 4. The second kappa shape index (κ2) is 6.80. The van der Waals surface area contributed by atoms with Gasteiger partial charge in [0.25, 0.3) is 5.91 Å². The van der Waals surface area contributed by atoms with Crippen LogP contribution < -0.4 is 5.32 Å². The van der Waals surface area contributed by atoms with E-state index in [0.29, 0.717) is 31.6 Å². The number of ether oxygens (including phenoxy) is 1. The highest BCUT2D eigenvalue weighted by Gasteiger charge is 2.33. The number of pyridine rings is 1. The van der Waals surface area contributed by atoms with Gasteiger partial charge in [0.15, 0.2) is 0 Å². The molecule has 2 N–H and O–H groups in total. The molecule has 1 fully saturated rings. The van der Waals surface area contributed by atoms with Crippen molar-refractivity contribution in [3.05, 3.63) is 42.7 Å². The maximum Gasteiger partial charge on any atom is 0.253 e. The Kier molecular flexibility index (Phi) is 4.59. The summed E-state index contributed by atoms with van der Waals surface area (Å²) in [6, 6.07) is 1.74. The largest absolute Gasteiger partial charge is 0.394 e. The van der Waals surface area contributed by atoms with E-state index in [1.807, 2.05) is 0 Å². The van der Waals surface area contributed by atoms with Crippen molar-refractivity contribution in [1.82, 2.24) is 20.3 Å². The average Bonchev–Trinajstić information content (AvgIpc) is 2.63. The molecule has 3 heterocycles. The molecule has 2 aromatic heterocycles. The van der Waals surface area contributed by atoms with E-state index in [1.165, 1.54) is 12.5 Å². The van der Waals surface area contributed by atoms with Crippen LogP contribution in [0.1, 0.15) is 23.2 Å². The maximum atomic E-state index is 12.5. The van der Waals surface area contributed by atoms with Crippen LogP contribution in [0.3, 0.4) is 0 Å². The average molecular weight is 314 g/mol. The molecule has 3 rings (SSSR count). The topological polar surface area (TPSA) is 97.2 Å². The number of aliphatic hydroxyl groups is 1. The zero-order valence-electron chi connectivity index (χ0n) is 12.6. The molecule has 2 aromatic rings. The number of carbonyl (C=O) groups excluding carboxylic acids is 1. The van der Waals surface area contributed by atoms with Gasteiger partial charge in [-0.15, -0.1) is 0 Å². The second-order valence-electron chi connectivity index (χ2n) is 5.59. The summed E-state index contributed by atoms with van der Waals surface area (Å²) in [6.45, 7) is 0.947. The van der Waals surface area contributed by atoms with Crippen molar-refractivity contribution in [2.24, 2.45) is 0 Å². The third-order valence-electron chi connectivity index (χ3n) is 4.03. The van der Waals surface area contributed by atoms with Crippen LogP contribution in [0.5, 0.6) is 0 Å². The first-order valence-corrected chi connectivity index (χ1v) is 7.44. The lowest BCUT2D eigenvalue weighted by Gasteiger charge is -2.36. The highest BCUT2D eigenvalue weighted by atomic mass is 16.5. The molecule has 1 aliphatic heterocycles. The lowest BCUT2D eigenvalue weighted by atomic mass is 9.90. The van der Waals surface area contributed by atoms with E-state index in [4.69, 9.17) is 4.74 Å². The first-order valence-electron chi connectivity index (χ1n) is 7.44. The summed E-state index contributed by atoms with van der Waals surface area (Å²) in [5, 5.41) is 12.6. The zero-order chi connectivity index (χ0) is 16.1. The van der Waals surface area contributed by atoms with Gasteiger partial charge in [-0.2, -0.15) is 0 Å². The van der Waals surface area contributed by atoms with E-state index < -0.39 is 5.54 Å². The van der Waals surface area contributed by atoms with E-state index >= 15 is 0 Å². The van der Waals surface area contributed by atoms with Crippen LogP contribution in [0.25, 0.3) is 11.1 Å². The Labute approximate surface area is 133 Å². The number of nitrogens with one attached hydrogen (secondary N) is 1. The van der Waals surface area contributed by atoms with Gasteiger partial charge in [-0.1, -0.05) is 0 Å². The third kappa shape index (κ3) is 3.52. The van der Waals surface area contributed by atoms with E-state index in [2.05, 4.69) is 20.3 Å². The van der Waals surface area contributed by atoms with Gasteiger partial charge >= 0.3 is 0 Å². The molecule has 0 aromatic carbocycles. The van der Waals surface area contributed by atoms with Gasteiger partial charge in [0.1, 0.15) is 6.33 Å². The summed E-state index contributed by atoms with van der Waals surface area (Å²) in [5.74, 6) is -0.257. The number of aromatic nitrogens is 3. The predicted octanol–water partition coefficient (Wildman–Crippen LogP) is 0.810. The Bertz CT molecular complexity index is 672. The minimum atomic E-state index is -0.624. The monoisotopic (exact) mass is 314 g/mol. The smallest absolute Gasteiger partial charge is 0.253 e.